The number of nitrogens with zero attached hydrogens (tertiary/aromatic N) is 3. The van der Waals surface area contributed by atoms with Crippen LogP contribution < -0.4 is 10.6 Å². The van der Waals surface area contributed by atoms with E-state index in [1.165, 1.54) is 19.4 Å². The maximum absolute atomic E-state index is 14.6. The third-order valence-corrected chi connectivity index (χ3v) is 6.40. The van der Waals surface area contributed by atoms with E-state index >= 15 is 0 Å². The summed E-state index contributed by atoms with van der Waals surface area (Å²) in [5.41, 5.74) is 2.50. The van der Waals surface area contributed by atoms with Crippen molar-refractivity contribution in [2.75, 3.05) is 19.6 Å². The summed E-state index contributed by atoms with van der Waals surface area (Å²) in [7, 11) is 0. The first kappa shape index (κ1) is 32.0. The lowest BCUT2D eigenvalue weighted by atomic mass is 9.94. The largest absolute Gasteiger partial charge is 0.385 e. The van der Waals surface area contributed by atoms with Crippen molar-refractivity contribution < 1.29 is 9.50 Å². The molecule has 0 spiro atoms. The standard InChI is InChI=1S/C29H52FN5O/c1-10-14-17-31-23(7)32-24(16-12-3)20-35(18-15-11-2)28-33-25(19-21(5)13-4)26(34-28)22(6)27(36)29(8,9)30/h13,27-28,33-34,36H,6,10-12,14-20H2,1-5,7-9H3/b21-13-,31-23?,32-24?. The van der Waals surface area contributed by atoms with Crippen LogP contribution in [0.1, 0.15) is 100 Å². The van der Waals surface area contributed by atoms with Gasteiger partial charge in [0.1, 0.15) is 17.6 Å². The zero-order chi connectivity index (χ0) is 27.3. The van der Waals surface area contributed by atoms with Gasteiger partial charge in [0, 0.05) is 43.0 Å². The van der Waals surface area contributed by atoms with Crippen LogP contribution in [-0.2, 0) is 0 Å². The molecule has 6 nitrogen and oxygen atoms in total. The van der Waals surface area contributed by atoms with Gasteiger partial charge in [0.15, 0.2) is 6.29 Å². The summed E-state index contributed by atoms with van der Waals surface area (Å²) < 4.78 is 14.6. The molecule has 2 unspecified atom stereocenters. The van der Waals surface area contributed by atoms with Gasteiger partial charge in [-0.2, -0.15) is 0 Å². The van der Waals surface area contributed by atoms with Gasteiger partial charge < -0.3 is 15.7 Å². The second-order valence-electron chi connectivity index (χ2n) is 10.4. The Morgan fingerprint density at radius 3 is 2.39 bits per heavy atom. The molecule has 0 radical (unpaired) electrons. The van der Waals surface area contributed by atoms with Crippen LogP contribution in [0.5, 0.6) is 0 Å². The number of unbranched alkanes of at least 4 members (excludes halogenated alkanes) is 2. The molecular formula is C29H52FN5O. The molecule has 0 saturated heterocycles. The van der Waals surface area contributed by atoms with Crippen LogP contribution in [0.2, 0.25) is 0 Å². The first-order chi connectivity index (χ1) is 17.0. The Morgan fingerprint density at radius 1 is 1.17 bits per heavy atom. The first-order valence-corrected chi connectivity index (χ1v) is 13.7. The zero-order valence-electron chi connectivity index (χ0n) is 24.2. The highest BCUT2D eigenvalue weighted by Gasteiger charge is 2.36. The molecular weight excluding hydrogens is 453 g/mol. The number of amidine groups is 1. The fraction of sp³-hybridized carbons (Fsp3) is 0.724. The first-order valence-electron chi connectivity index (χ1n) is 13.7. The maximum atomic E-state index is 14.6. The van der Waals surface area contributed by atoms with Gasteiger partial charge in [-0.25, -0.2) is 9.38 Å². The van der Waals surface area contributed by atoms with Gasteiger partial charge >= 0.3 is 0 Å². The second kappa shape index (κ2) is 16.0. The number of alkyl halides is 1. The van der Waals surface area contributed by atoms with E-state index in [-0.39, 0.29) is 6.29 Å². The van der Waals surface area contributed by atoms with E-state index in [0.29, 0.717) is 24.2 Å². The Morgan fingerprint density at radius 2 is 1.83 bits per heavy atom. The van der Waals surface area contributed by atoms with Crippen molar-refractivity contribution in [3.63, 3.8) is 0 Å². The molecule has 0 aromatic rings. The highest BCUT2D eigenvalue weighted by molar-refractivity contribution is 5.98. The van der Waals surface area contributed by atoms with Gasteiger partial charge in [0.05, 0.1) is 5.70 Å². The monoisotopic (exact) mass is 505 g/mol. The molecule has 1 aliphatic rings. The van der Waals surface area contributed by atoms with Crippen LogP contribution in [0, 0.1) is 0 Å². The van der Waals surface area contributed by atoms with Gasteiger partial charge in [-0.1, -0.05) is 58.3 Å². The molecule has 0 bridgehead atoms. The molecule has 3 N–H and O–H groups in total. The summed E-state index contributed by atoms with van der Waals surface area (Å²) in [6.07, 6.45) is 7.48. The van der Waals surface area contributed by atoms with Gasteiger partial charge in [-0.3, -0.25) is 9.89 Å². The quantitative estimate of drug-likeness (QED) is 0.100. The van der Waals surface area contributed by atoms with Crippen LogP contribution in [-0.4, -0.2) is 59.3 Å². The number of allylic oxidation sites excluding steroid dienone is 2. The van der Waals surface area contributed by atoms with Crippen LogP contribution >= 0.6 is 0 Å². The molecule has 0 amide bonds. The topological polar surface area (TPSA) is 72.2 Å². The summed E-state index contributed by atoms with van der Waals surface area (Å²) in [6.45, 7) is 21.8. The van der Waals surface area contributed by atoms with Crippen molar-refractivity contribution in [3.05, 3.63) is 35.2 Å². The number of aliphatic hydroxyl groups is 1. The van der Waals surface area contributed by atoms with Crippen molar-refractivity contribution in [2.24, 2.45) is 9.98 Å². The summed E-state index contributed by atoms with van der Waals surface area (Å²) in [5.74, 6) is 0.833. The Hall–Kier alpha value is -1.99. The van der Waals surface area contributed by atoms with Crippen molar-refractivity contribution in [3.8, 4) is 0 Å². The van der Waals surface area contributed by atoms with E-state index in [1.807, 2.05) is 13.8 Å². The van der Waals surface area contributed by atoms with E-state index in [2.05, 4.69) is 60.9 Å². The predicted molar refractivity (Wildman–Crippen MR) is 153 cm³/mol. The minimum atomic E-state index is -1.79. The van der Waals surface area contributed by atoms with E-state index in [9.17, 15) is 9.50 Å². The van der Waals surface area contributed by atoms with Crippen LogP contribution in [0.15, 0.2) is 45.2 Å². The third-order valence-electron chi connectivity index (χ3n) is 6.40. The highest BCUT2D eigenvalue weighted by Crippen LogP contribution is 2.29. The average Bonchev–Trinajstić information content (AvgIpc) is 3.23. The Labute approximate surface area is 219 Å². The normalized spacial score (nSPS) is 18.5. The molecule has 206 valence electrons. The lowest BCUT2D eigenvalue weighted by Crippen LogP contribution is -2.52. The highest BCUT2D eigenvalue weighted by atomic mass is 19.1. The Balaban J connectivity index is 3.24. The molecule has 1 heterocycles. The van der Waals surface area contributed by atoms with E-state index in [0.717, 1.165) is 68.9 Å². The van der Waals surface area contributed by atoms with E-state index in [1.54, 1.807) is 0 Å². The predicted octanol–water partition coefficient (Wildman–Crippen LogP) is 6.26. The smallest absolute Gasteiger partial charge is 0.155 e. The number of halogens is 1. The molecule has 1 aliphatic heterocycles. The molecule has 36 heavy (non-hydrogen) atoms. The van der Waals surface area contributed by atoms with Gasteiger partial charge in [-0.05, 0) is 53.9 Å². The summed E-state index contributed by atoms with van der Waals surface area (Å²) in [4.78, 5) is 11.9. The second-order valence-corrected chi connectivity index (χ2v) is 10.4. The van der Waals surface area contributed by atoms with Crippen molar-refractivity contribution in [2.45, 2.75) is 118 Å². The van der Waals surface area contributed by atoms with E-state index in [4.69, 9.17) is 4.99 Å². The summed E-state index contributed by atoms with van der Waals surface area (Å²) in [6, 6.07) is 0. The van der Waals surface area contributed by atoms with Crippen LogP contribution in [0.3, 0.4) is 0 Å². The Bertz CT molecular complexity index is 822. The number of rotatable bonds is 16. The number of hydrogen-bond acceptors (Lipinski definition) is 5. The number of aliphatic hydroxyl groups excluding tert-OH is 1. The van der Waals surface area contributed by atoms with Crippen LogP contribution in [0.25, 0.3) is 0 Å². The van der Waals surface area contributed by atoms with Crippen molar-refractivity contribution >= 4 is 11.5 Å². The molecule has 1 rings (SSSR count). The van der Waals surface area contributed by atoms with Crippen molar-refractivity contribution in [1.82, 2.24) is 15.5 Å². The Kier molecular flexibility index (Phi) is 14.2. The van der Waals surface area contributed by atoms with Crippen molar-refractivity contribution in [1.29, 1.82) is 0 Å². The average molecular weight is 506 g/mol. The fourth-order valence-corrected chi connectivity index (χ4v) is 4.05. The van der Waals surface area contributed by atoms with E-state index < -0.39 is 11.8 Å². The molecule has 0 fully saturated rings. The maximum Gasteiger partial charge on any atom is 0.155 e. The zero-order valence-corrected chi connectivity index (χ0v) is 24.2. The number of nitrogens with one attached hydrogen (secondary N) is 2. The molecule has 7 heteroatoms. The molecule has 0 saturated carbocycles. The fourth-order valence-electron chi connectivity index (χ4n) is 4.05. The SMILES string of the molecule is C=C(C1=C(C/C(C)=C\C)NC(N(CCCC)CC(CCC)=NC(C)=NCCCC)N1)C(O)C(C)(C)F. The lowest BCUT2D eigenvalue weighted by molar-refractivity contribution is 0.0436. The van der Waals surface area contributed by atoms with Gasteiger partial charge in [0.25, 0.3) is 0 Å². The van der Waals surface area contributed by atoms with Gasteiger partial charge in [-0.15, -0.1) is 0 Å². The summed E-state index contributed by atoms with van der Waals surface area (Å²) >= 11 is 0. The molecule has 0 aliphatic carbocycles. The summed E-state index contributed by atoms with van der Waals surface area (Å²) in [5, 5.41) is 17.8. The molecule has 2 atom stereocenters. The molecule has 0 aromatic carbocycles. The third kappa shape index (κ3) is 10.6. The number of hydrogen-bond donors (Lipinski definition) is 3. The minimum Gasteiger partial charge on any atom is -0.385 e. The number of aliphatic imine (C=N–C) groups is 2. The molecule has 0 aromatic heterocycles. The van der Waals surface area contributed by atoms with Gasteiger partial charge in [0.2, 0.25) is 0 Å². The minimum absolute atomic E-state index is 0.197. The van der Waals surface area contributed by atoms with Crippen LogP contribution in [0.4, 0.5) is 4.39 Å². The lowest BCUT2D eigenvalue weighted by Gasteiger charge is -2.31.